The van der Waals surface area contributed by atoms with Crippen LogP contribution in [-0.2, 0) is 4.79 Å². The molecule has 1 atom stereocenters. The summed E-state index contributed by atoms with van der Waals surface area (Å²) in [5.74, 6) is -0.251. The van der Waals surface area contributed by atoms with E-state index in [9.17, 15) is 4.79 Å². The molecule has 5 nitrogen and oxygen atoms in total. The first-order chi connectivity index (χ1) is 9.75. The third kappa shape index (κ3) is 2.49. The first kappa shape index (κ1) is 13.0. The standard InChI is InChI=1S/C14H12N4OSe/c15-12(9-5-2-1-3-6-9)14(19)16-10-7-4-8-11-13(10)18-20-17-11/h1-8,12H,15H2,(H,16,19)/t12-/m1/s1. The second kappa shape index (κ2) is 5.54. The third-order valence-electron chi connectivity index (χ3n) is 2.99. The van der Waals surface area contributed by atoms with Crippen LogP contribution in [0.1, 0.15) is 11.6 Å². The van der Waals surface area contributed by atoms with Crippen molar-refractivity contribution in [3.63, 3.8) is 0 Å². The van der Waals surface area contributed by atoms with Crippen LogP contribution < -0.4 is 11.1 Å². The van der Waals surface area contributed by atoms with Crippen molar-refractivity contribution < 1.29 is 4.79 Å². The molecule has 0 bridgehead atoms. The molecule has 6 heteroatoms. The Hall–Kier alpha value is -2.01. The van der Waals surface area contributed by atoms with Crippen LogP contribution in [0.2, 0.25) is 0 Å². The molecule has 20 heavy (non-hydrogen) atoms. The van der Waals surface area contributed by atoms with Gasteiger partial charge in [0.15, 0.2) is 0 Å². The Morgan fingerprint density at radius 3 is 2.70 bits per heavy atom. The first-order valence-corrected chi connectivity index (χ1v) is 7.61. The monoisotopic (exact) mass is 332 g/mol. The number of benzene rings is 2. The van der Waals surface area contributed by atoms with E-state index < -0.39 is 6.04 Å². The van der Waals surface area contributed by atoms with Gasteiger partial charge in [0, 0.05) is 0 Å². The number of anilines is 1. The molecule has 1 heterocycles. The molecular formula is C14H12N4OSe. The molecule has 0 spiro atoms. The minimum atomic E-state index is -0.698. The number of nitrogens with zero attached hydrogens (tertiary/aromatic N) is 2. The van der Waals surface area contributed by atoms with E-state index in [1.54, 1.807) is 0 Å². The van der Waals surface area contributed by atoms with Crippen molar-refractivity contribution in [2.45, 2.75) is 6.04 Å². The number of fused-ring (bicyclic) bond motifs is 1. The summed E-state index contributed by atoms with van der Waals surface area (Å²) in [4.78, 5) is 12.2. The number of rotatable bonds is 3. The second-order valence-corrected chi connectivity index (χ2v) is 5.42. The summed E-state index contributed by atoms with van der Waals surface area (Å²) in [6, 6.07) is 14.1. The van der Waals surface area contributed by atoms with Crippen LogP contribution in [0.4, 0.5) is 17.1 Å². The van der Waals surface area contributed by atoms with E-state index in [1.165, 1.54) is 0 Å². The zero-order chi connectivity index (χ0) is 13.9. The SMILES string of the molecule is N[C@@H](C(=O)Nc1cccc2c1N=[Se]=N2)c1ccccc1. The number of nitrogens with two attached hydrogens (primary N) is 1. The van der Waals surface area contributed by atoms with E-state index in [-0.39, 0.29) is 20.5 Å². The van der Waals surface area contributed by atoms with Gasteiger partial charge in [-0.2, -0.15) is 0 Å². The van der Waals surface area contributed by atoms with Gasteiger partial charge in [-0.1, -0.05) is 0 Å². The van der Waals surface area contributed by atoms with E-state index in [0.717, 1.165) is 16.9 Å². The molecule has 0 radical (unpaired) electrons. The van der Waals surface area contributed by atoms with E-state index in [2.05, 4.69) is 13.2 Å². The number of carbonyl (C=O) groups is 1. The van der Waals surface area contributed by atoms with E-state index in [1.807, 2.05) is 48.5 Å². The van der Waals surface area contributed by atoms with Crippen molar-refractivity contribution in [3.05, 3.63) is 54.1 Å². The molecule has 3 N–H and O–H groups in total. The van der Waals surface area contributed by atoms with Gasteiger partial charge in [-0.3, -0.25) is 0 Å². The first-order valence-electron chi connectivity index (χ1n) is 6.08. The fourth-order valence-electron chi connectivity index (χ4n) is 1.93. The quantitative estimate of drug-likeness (QED) is 0.724. The molecule has 0 unspecified atom stereocenters. The maximum absolute atomic E-state index is 12.2. The van der Waals surface area contributed by atoms with Gasteiger partial charge >= 0.3 is 121 Å². The van der Waals surface area contributed by atoms with Crippen molar-refractivity contribution >= 4 is 37.5 Å². The number of nitrogens with one attached hydrogen (secondary N) is 1. The Labute approximate surface area is 122 Å². The number of hydrogen-bond donors (Lipinski definition) is 2. The molecular weight excluding hydrogens is 319 g/mol. The summed E-state index contributed by atoms with van der Waals surface area (Å²) in [6.07, 6.45) is 0. The number of amides is 1. The van der Waals surface area contributed by atoms with Gasteiger partial charge in [0.1, 0.15) is 0 Å². The van der Waals surface area contributed by atoms with E-state index in [0.29, 0.717) is 5.69 Å². The van der Waals surface area contributed by atoms with Crippen LogP contribution in [-0.4, -0.2) is 20.5 Å². The maximum atomic E-state index is 12.2. The Balaban J connectivity index is 1.81. The van der Waals surface area contributed by atoms with Gasteiger partial charge < -0.3 is 0 Å². The zero-order valence-corrected chi connectivity index (χ0v) is 12.2. The Morgan fingerprint density at radius 1 is 1.10 bits per heavy atom. The average Bonchev–Trinajstić information content (AvgIpc) is 2.97. The van der Waals surface area contributed by atoms with Gasteiger partial charge in [-0.25, -0.2) is 0 Å². The van der Waals surface area contributed by atoms with Gasteiger partial charge in [0.05, 0.1) is 0 Å². The minimum absolute atomic E-state index is 0.120. The predicted octanol–water partition coefficient (Wildman–Crippen LogP) is 2.67. The Kier molecular flexibility index (Phi) is 3.60. The molecule has 3 rings (SSSR count). The van der Waals surface area contributed by atoms with Crippen molar-refractivity contribution in [1.82, 2.24) is 0 Å². The number of hydrogen-bond acceptors (Lipinski definition) is 4. The molecule has 100 valence electrons. The van der Waals surface area contributed by atoms with Crippen molar-refractivity contribution in [2.75, 3.05) is 5.32 Å². The van der Waals surface area contributed by atoms with Crippen LogP contribution >= 0.6 is 0 Å². The van der Waals surface area contributed by atoms with Crippen LogP contribution in [0.3, 0.4) is 0 Å². The molecule has 1 aliphatic rings. The Morgan fingerprint density at radius 2 is 1.90 bits per heavy atom. The summed E-state index contributed by atoms with van der Waals surface area (Å²) in [5.41, 5.74) is 9.00. The van der Waals surface area contributed by atoms with E-state index in [4.69, 9.17) is 5.73 Å². The summed E-state index contributed by atoms with van der Waals surface area (Å²) in [6.45, 7) is 0. The van der Waals surface area contributed by atoms with Gasteiger partial charge in [-0.05, 0) is 0 Å². The molecule has 2 aromatic carbocycles. The zero-order valence-electron chi connectivity index (χ0n) is 10.5. The Bertz CT molecular complexity index is 723. The summed E-state index contributed by atoms with van der Waals surface area (Å²) < 4.78 is 8.61. The van der Waals surface area contributed by atoms with Crippen LogP contribution in [0, 0.1) is 0 Å². The topological polar surface area (TPSA) is 79.8 Å². The molecule has 0 saturated carbocycles. The summed E-state index contributed by atoms with van der Waals surface area (Å²) >= 11 is -0.120. The van der Waals surface area contributed by atoms with Crippen molar-refractivity contribution in [3.8, 4) is 0 Å². The van der Waals surface area contributed by atoms with E-state index >= 15 is 0 Å². The molecule has 1 aliphatic heterocycles. The van der Waals surface area contributed by atoms with Gasteiger partial charge in [0.25, 0.3) is 0 Å². The molecule has 0 aliphatic carbocycles. The molecule has 2 aromatic rings. The fraction of sp³-hybridized carbons (Fsp3) is 0.0714. The van der Waals surface area contributed by atoms with Gasteiger partial charge in [-0.15, -0.1) is 0 Å². The molecule has 1 amide bonds. The van der Waals surface area contributed by atoms with Crippen molar-refractivity contribution in [2.24, 2.45) is 13.7 Å². The van der Waals surface area contributed by atoms with Crippen molar-refractivity contribution in [1.29, 1.82) is 0 Å². The fourth-order valence-corrected chi connectivity index (χ4v) is 3.08. The molecule has 0 aromatic heterocycles. The average molecular weight is 331 g/mol. The normalized spacial score (nSPS) is 13.4. The predicted molar refractivity (Wildman–Crippen MR) is 78.4 cm³/mol. The molecule has 0 saturated heterocycles. The second-order valence-electron chi connectivity index (χ2n) is 4.32. The summed E-state index contributed by atoms with van der Waals surface area (Å²) in [7, 11) is 0. The summed E-state index contributed by atoms with van der Waals surface area (Å²) in [5, 5.41) is 2.83. The van der Waals surface area contributed by atoms with Crippen LogP contribution in [0.25, 0.3) is 0 Å². The third-order valence-corrected chi connectivity index (χ3v) is 4.12. The number of carbonyl (C=O) groups excluding carboxylic acids is 1. The van der Waals surface area contributed by atoms with Crippen LogP contribution in [0.15, 0.2) is 56.5 Å². The van der Waals surface area contributed by atoms with Gasteiger partial charge in [0.2, 0.25) is 0 Å². The van der Waals surface area contributed by atoms with Crippen LogP contribution in [0.5, 0.6) is 0 Å². The molecule has 0 fully saturated rings.